The number of thioether (sulfide) groups is 1. The molecular formula is C19H19N3OS. The minimum absolute atomic E-state index is 0.0701. The van der Waals surface area contributed by atoms with Gasteiger partial charge >= 0.3 is 0 Å². The molecule has 0 bridgehead atoms. The number of aryl methyl sites for hydroxylation is 1. The van der Waals surface area contributed by atoms with Gasteiger partial charge in [-0.1, -0.05) is 54.2 Å². The third-order valence-electron chi connectivity index (χ3n) is 4.23. The molecule has 1 atom stereocenters. The molecular weight excluding hydrogens is 318 g/mol. The van der Waals surface area contributed by atoms with Crippen LogP contribution in [0.25, 0.3) is 11.0 Å². The number of fused-ring (bicyclic) bond motifs is 1. The second-order valence-electron chi connectivity index (χ2n) is 6.13. The number of amides is 1. The monoisotopic (exact) mass is 337 g/mol. The zero-order valence-corrected chi connectivity index (χ0v) is 14.3. The molecule has 3 aromatic rings. The Bertz CT molecular complexity index is 871. The maximum atomic E-state index is 12.8. The zero-order chi connectivity index (χ0) is 16.5. The number of hydrogen-bond acceptors (Lipinski definition) is 3. The lowest BCUT2D eigenvalue weighted by atomic mass is 10.1. The fourth-order valence-electron chi connectivity index (χ4n) is 2.74. The predicted molar refractivity (Wildman–Crippen MR) is 96.9 cm³/mol. The molecule has 2 aromatic carbocycles. The number of para-hydroxylation sites is 2. The van der Waals surface area contributed by atoms with Crippen LogP contribution in [0.3, 0.4) is 0 Å². The Hall–Kier alpha value is -2.27. The zero-order valence-electron chi connectivity index (χ0n) is 13.5. The molecule has 1 aromatic heterocycles. The summed E-state index contributed by atoms with van der Waals surface area (Å²) in [6.45, 7) is 0. The molecule has 122 valence electrons. The molecule has 1 aliphatic carbocycles. The van der Waals surface area contributed by atoms with Gasteiger partial charge in [-0.05, 0) is 30.5 Å². The Morgan fingerprint density at radius 1 is 1.17 bits per heavy atom. The van der Waals surface area contributed by atoms with E-state index in [1.54, 1.807) is 0 Å². The quantitative estimate of drug-likeness (QED) is 0.722. The van der Waals surface area contributed by atoms with Gasteiger partial charge in [-0.2, -0.15) is 0 Å². The summed E-state index contributed by atoms with van der Waals surface area (Å²) in [6, 6.07) is 18.3. The van der Waals surface area contributed by atoms with Crippen LogP contribution in [-0.2, 0) is 11.8 Å². The van der Waals surface area contributed by atoms with Crippen LogP contribution in [0, 0.1) is 0 Å². The van der Waals surface area contributed by atoms with Gasteiger partial charge in [0, 0.05) is 13.1 Å². The van der Waals surface area contributed by atoms with E-state index in [0.29, 0.717) is 6.04 Å². The summed E-state index contributed by atoms with van der Waals surface area (Å²) in [5.41, 5.74) is 3.04. The van der Waals surface area contributed by atoms with Crippen LogP contribution < -0.4 is 5.32 Å². The molecule has 5 heteroatoms. The van der Waals surface area contributed by atoms with Gasteiger partial charge in [0.25, 0.3) is 0 Å². The molecule has 1 heterocycles. The molecule has 24 heavy (non-hydrogen) atoms. The van der Waals surface area contributed by atoms with Crippen molar-refractivity contribution in [2.45, 2.75) is 29.3 Å². The fourth-order valence-corrected chi connectivity index (χ4v) is 3.83. The van der Waals surface area contributed by atoms with E-state index in [2.05, 4.69) is 9.88 Å². The average Bonchev–Trinajstić information content (AvgIpc) is 3.37. The highest BCUT2D eigenvalue weighted by atomic mass is 32.2. The van der Waals surface area contributed by atoms with Crippen LogP contribution in [0.5, 0.6) is 0 Å². The van der Waals surface area contributed by atoms with Gasteiger partial charge in [-0.25, -0.2) is 4.98 Å². The highest BCUT2D eigenvalue weighted by Gasteiger charge is 2.30. The largest absolute Gasteiger partial charge is 0.352 e. The smallest absolute Gasteiger partial charge is 0.238 e. The molecule has 1 N–H and O–H groups in total. The lowest BCUT2D eigenvalue weighted by Crippen LogP contribution is -2.29. The fraction of sp³-hybridized carbons (Fsp3) is 0.263. The Labute approximate surface area is 145 Å². The summed E-state index contributed by atoms with van der Waals surface area (Å²) >= 11 is 1.51. The van der Waals surface area contributed by atoms with Crippen LogP contribution in [-0.4, -0.2) is 21.5 Å². The number of benzene rings is 2. The summed E-state index contributed by atoms with van der Waals surface area (Å²) in [4.78, 5) is 17.5. The average molecular weight is 337 g/mol. The molecule has 1 fully saturated rings. The molecule has 4 nitrogen and oxygen atoms in total. The van der Waals surface area contributed by atoms with Crippen molar-refractivity contribution in [3.63, 3.8) is 0 Å². The van der Waals surface area contributed by atoms with Crippen LogP contribution in [0.1, 0.15) is 23.7 Å². The number of nitrogens with one attached hydrogen (secondary N) is 1. The molecule has 4 rings (SSSR count). The van der Waals surface area contributed by atoms with E-state index >= 15 is 0 Å². The van der Waals surface area contributed by atoms with Crippen molar-refractivity contribution in [3.8, 4) is 0 Å². The van der Waals surface area contributed by atoms with Crippen molar-refractivity contribution in [2.75, 3.05) is 0 Å². The Morgan fingerprint density at radius 3 is 2.58 bits per heavy atom. The summed E-state index contributed by atoms with van der Waals surface area (Å²) in [7, 11) is 2.00. The van der Waals surface area contributed by atoms with Gasteiger partial charge in [0.05, 0.1) is 11.0 Å². The summed E-state index contributed by atoms with van der Waals surface area (Å²) in [5.74, 6) is 0.0701. The number of nitrogens with zero attached hydrogens (tertiary/aromatic N) is 2. The van der Waals surface area contributed by atoms with E-state index in [0.717, 1.165) is 34.6 Å². The number of imidazole rings is 1. The third-order valence-corrected chi connectivity index (χ3v) is 5.53. The number of carbonyl (C=O) groups excluding carboxylic acids is 1. The van der Waals surface area contributed by atoms with Crippen molar-refractivity contribution in [1.82, 2.24) is 14.9 Å². The maximum Gasteiger partial charge on any atom is 0.238 e. The van der Waals surface area contributed by atoms with Crippen molar-refractivity contribution in [2.24, 2.45) is 7.05 Å². The van der Waals surface area contributed by atoms with Gasteiger partial charge < -0.3 is 9.88 Å². The first-order chi connectivity index (χ1) is 11.7. The minimum atomic E-state index is -0.290. The van der Waals surface area contributed by atoms with Crippen LogP contribution in [0.15, 0.2) is 59.8 Å². The second-order valence-corrected chi connectivity index (χ2v) is 7.21. The van der Waals surface area contributed by atoms with Crippen molar-refractivity contribution >= 4 is 28.7 Å². The second kappa shape index (κ2) is 6.32. The SMILES string of the molecule is Cn1c(SC(C(=O)NC2CC2)c2ccccc2)nc2ccccc21. The number of rotatable bonds is 5. The van der Waals surface area contributed by atoms with Crippen LogP contribution in [0.2, 0.25) is 0 Å². The molecule has 0 radical (unpaired) electrons. The highest BCUT2D eigenvalue weighted by molar-refractivity contribution is 8.00. The summed E-state index contributed by atoms with van der Waals surface area (Å²) in [6.07, 6.45) is 2.18. The standard InChI is InChI=1S/C19H19N3OS/c1-22-16-10-6-5-9-15(16)21-19(22)24-17(13-7-3-2-4-8-13)18(23)20-14-11-12-14/h2-10,14,17H,11-12H2,1H3,(H,20,23). The van der Waals surface area contributed by atoms with E-state index in [1.807, 2.05) is 61.6 Å². The van der Waals surface area contributed by atoms with Crippen molar-refractivity contribution in [3.05, 3.63) is 60.2 Å². The van der Waals surface area contributed by atoms with E-state index in [1.165, 1.54) is 11.8 Å². The Kier molecular flexibility index (Phi) is 4.02. The van der Waals surface area contributed by atoms with Gasteiger partial charge in [0.1, 0.15) is 5.25 Å². The molecule has 1 aliphatic rings. The van der Waals surface area contributed by atoms with Crippen LogP contribution >= 0.6 is 11.8 Å². The third kappa shape index (κ3) is 3.04. The van der Waals surface area contributed by atoms with E-state index in [-0.39, 0.29) is 11.2 Å². The summed E-state index contributed by atoms with van der Waals surface area (Å²) in [5, 5.41) is 3.70. The molecule has 1 unspecified atom stereocenters. The first-order valence-corrected chi connectivity index (χ1v) is 9.04. The topological polar surface area (TPSA) is 46.9 Å². The molecule has 0 aliphatic heterocycles. The van der Waals surface area contributed by atoms with E-state index in [4.69, 9.17) is 4.98 Å². The summed E-state index contributed by atoms with van der Waals surface area (Å²) < 4.78 is 2.06. The normalized spacial score (nSPS) is 15.4. The maximum absolute atomic E-state index is 12.8. The molecule has 1 amide bonds. The number of carbonyl (C=O) groups is 1. The van der Waals surface area contributed by atoms with Crippen LogP contribution in [0.4, 0.5) is 0 Å². The van der Waals surface area contributed by atoms with Gasteiger partial charge in [-0.15, -0.1) is 0 Å². The first-order valence-electron chi connectivity index (χ1n) is 8.16. The lowest BCUT2D eigenvalue weighted by Gasteiger charge is -2.16. The van der Waals surface area contributed by atoms with Crippen molar-refractivity contribution in [1.29, 1.82) is 0 Å². The minimum Gasteiger partial charge on any atom is -0.352 e. The Balaban J connectivity index is 1.67. The number of aromatic nitrogens is 2. The molecule has 0 saturated heterocycles. The van der Waals surface area contributed by atoms with Gasteiger partial charge in [0.2, 0.25) is 5.91 Å². The number of hydrogen-bond donors (Lipinski definition) is 1. The molecule has 1 saturated carbocycles. The van der Waals surface area contributed by atoms with Gasteiger partial charge in [0.15, 0.2) is 5.16 Å². The van der Waals surface area contributed by atoms with E-state index in [9.17, 15) is 4.79 Å². The van der Waals surface area contributed by atoms with Crippen molar-refractivity contribution < 1.29 is 4.79 Å². The first kappa shape index (κ1) is 15.3. The van der Waals surface area contributed by atoms with E-state index < -0.39 is 0 Å². The predicted octanol–water partition coefficient (Wildman–Crippen LogP) is 3.69. The lowest BCUT2D eigenvalue weighted by molar-refractivity contribution is -0.120. The molecule has 0 spiro atoms. The highest BCUT2D eigenvalue weighted by Crippen LogP contribution is 2.36. The Morgan fingerprint density at radius 2 is 1.88 bits per heavy atom. The van der Waals surface area contributed by atoms with Gasteiger partial charge in [-0.3, -0.25) is 4.79 Å².